The molecule has 3 aromatic rings. The predicted octanol–water partition coefficient (Wildman–Crippen LogP) is 2.82. The first kappa shape index (κ1) is 18.4. The van der Waals surface area contributed by atoms with Gasteiger partial charge in [0.05, 0.1) is 41.1 Å². The highest BCUT2D eigenvalue weighted by molar-refractivity contribution is 6.30. The second kappa shape index (κ2) is 7.93. The Morgan fingerprint density at radius 3 is 2.64 bits per heavy atom. The highest BCUT2D eigenvalue weighted by Crippen LogP contribution is 2.24. The average Bonchev–Trinajstić information content (AvgIpc) is 3.25. The number of nitrogens with one attached hydrogen (secondary N) is 1. The molecule has 3 heterocycles. The average molecular weight is 398 g/mol. The van der Waals surface area contributed by atoms with Gasteiger partial charge < -0.3 is 10.2 Å². The van der Waals surface area contributed by atoms with E-state index in [1.807, 2.05) is 36.1 Å². The number of rotatable bonds is 4. The zero-order chi connectivity index (χ0) is 19.5. The third-order valence-corrected chi connectivity index (χ3v) is 5.15. The number of nitrogens with zero attached hydrogens (tertiary/aromatic N) is 6. The highest BCUT2D eigenvalue weighted by atomic mass is 35.5. The Balaban J connectivity index is 1.56. The smallest absolute Gasteiger partial charge is 0.256 e. The monoisotopic (exact) mass is 397 g/mol. The lowest BCUT2D eigenvalue weighted by Gasteiger charge is -2.40. The lowest BCUT2D eigenvalue weighted by molar-refractivity contribution is 0.0616. The molecule has 1 amide bonds. The summed E-state index contributed by atoms with van der Waals surface area (Å²) in [6.07, 6.45) is 8.12. The Kier molecular flexibility index (Phi) is 5.21. The summed E-state index contributed by atoms with van der Waals surface area (Å²) in [5.74, 6) is 0.473. The van der Waals surface area contributed by atoms with Crippen molar-refractivity contribution >= 4 is 23.5 Å². The Labute approximate surface area is 167 Å². The van der Waals surface area contributed by atoms with Crippen LogP contribution >= 0.6 is 11.6 Å². The zero-order valence-electron chi connectivity index (χ0n) is 15.4. The van der Waals surface area contributed by atoms with Crippen LogP contribution in [0.15, 0.2) is 49.1 Å². The maximum atomic E-state index is 13.3. The van der Waals surface area contributed by atoms with Crippen LogP contribution in [0.3, 0.4) is 0 Å². The molecule has 1 aromatic carbocycles. The van der Waals surface area contributed by atoms with Crippen molar-refractivity contribution in [3.8, 4) is 5.69 Å². The number of piperidine rings is 1. The Morgan fingerprint density at radius 2 is 1.89 bits per heavy atom. The molecule has 0 radical (unpaired) electrons. The number of benzene rings is 1. The fourth-order valence-electron chi connectivity index (χ4n) is 3.50. The molecule has 1 N–H and O–H groups in total. The van der Waals surface area contributed by atoms with Gasteiger partial charge in [-0.3, -0.25) is 4.79 Å². The lowest BCUT2D eigenvalue weighted by Crippen LogP contribution is -2.52. The van der Waals surface area contributed by atoms with E-state index in [1.165, 1.54) is 4.80 Å². The standard InChI is InChI=1S/C19H20ClN7O/c1-13-16(25-19-21-11-14(20)12-22-19)6-4-10-26(13)18(28)15-5-2-3-7-17(15)27-23-8-9-24-27/h2-3,5,7-9,11-13,16H,4,6,10H2,1H3,(H,21,22,25)/t13-,16?/m0/s1. The van der Waals surface area contributed by atoms with Crippen LogP contribution in [-0.4, -0.2) is 54.4 Å². The minimum Gasteiger partial charge on any atom is -0.349 e. The Hall–Kier alpha value is -3.00. The first-order valence-corrected chi connectivity index (χ1v) is 9.52. The van der Waals surface area contributed by atoms with Crippen LogP contribution in [-0.2, 0) is 0 Å². The first-order valence-electron chi connectivity index (χ1n) is 9.14. The summed E-state index contributed by atoms with van der Waals surface area (Å²) in [7, 11) is 0. The van der Waals surface area contributed by atoms with E-state index >= 15 is 0 Å². The summed E-state index contributed by atoms with van der Waals surface area (Å²) >= 11 is 5.85. The molecule has 9 heteroatoms. The number of amides is 1. The van der Waals surface area contributed by atoms with Crippen molar-refractivity contribution < 1.29 is 4.79 Å². The third-order valence-electron chi connectivity index (χ3n) is 4.95. The van der Waals surface area contributed by atoms with Crippen LogP contribution in [0.2, 0.25) is 5.02 Å². The number of para-hydroxylation sites is 1. The lowest BCUT2D eigenvalue weighted by atomic mass is 9.96. The van der Waals surface area contributed by atoms with Crippen molar-refractivity contribution in [1.29, 1.82) is 0 Å². The van der Waals surface area contributed by atoms with E-state index < -0.39 is 0 Å². The fraction of sp³-hybridized carbons (Fsp3) is 0.316. The van der Waals surface area contributed by atoms with Crippen LogP contribution in [0.1, 0.15) is 30.1 Å². The molecule has 0 aliphatic carbocycles. The van der Waals surface area contributed by atoms with E-state index in [2.05, 4.69) is 25.5 Å². The number of aromatic nitrogens is 5. The summed E-state index contributed by atoms with van der Waals surface area (Å²) in [6, 6.07) is 7.41. The van der Waals surface area contributed by atoms with Crippen molar-refractivity contribution in [3.05, 3.63) is 59.6 Å². The van der Waals surface area contributed by atoms with E-state index in [9.17, 15) is 4.79 Å². The molecule has 28 heavy (non-hydrogen) atoms. The van der Waals surface area contributed by atoms with E-state index in [0.29, 0.717) is 28.8 Å². The van der Waals surface area contributed by atoms with Crippen molar-refractivity contribution in [2.45, 2.75) is 31.8 Å². The summed E-state index contributed by atoms with van der Waals surface area (Å²) in [5.41, 5.74) is 1.25. The zero-order valence-corrected chi connectivity index (χ0v) is 16.1. The van der Waals surface area contributed by atoms with Gasteiger partial charge in [-0.2, -0.15) is 15.0 Å². The minimum atomic E-state index is -0.0380. The van der Waals surface area contributed by atoms with Gasteiger partial charge in [-0.05, 0) is 31.9 Å². The van der Waals surface area contributed by atoms with Crippen molar-refractivity contribution in [2.24, 2.45) is 0 Å². The normalized spacial score (nSPS) is 19.4. The molecule has 1 unspecified atom stereocenters. The van der Waals surface area contributed by atoms with Gasteiger partial charge in [0.2, 0.25) is 5.95 Å². The van der Waals surface area contributed by atoms with Gasteiger partial charge in [-0.25, -0.2) is 9.97 Å². The number of likely N-dealkylation sites (tertiary alicyclic amines) is 1. The molecular weight excluding hydrogens is 378 g/mol. The molecule has 2 aromatic heterocycles. The first-order chi connectivity index (χ1) is 13.6. The quantitative estimate of drug-likeness (QED) is 0.728. The van der Waals surface area contributed by atoms with Crippen molar-refractivity contribution in [3.63, 3.8) is 0 Å². The van der Waals surface area contributed by atoms with Crippen molar-refractivity contribution in [1.82, 2.24) is 29.9 Å². The fourth-order valence-corrected chi connectivity index (χ4v) is 3.60. The van der Waals surface area contributed by atoms with Crippen molar-refractivity contribution in [2.75, 3.05) is 11.9 Å². The third kappa shape index (κ3) is 3.68. The van der Waals surface area contributed by atoms with E-state index in [-0.39, 0.29) is 18.0 Å². The summed E-state index contributed by atoms with van der Waals surface area (Å²) < 4.78 is 0. The van der Waals surface area contributed by atoms with Gasteiger partial charge in [-0.1, -0.05) is 23.7 Å². The van der Waals surface area contributed by atoms with E-state index in [4.69, 9.17) is 11.6 Å². The van der Waals surface area contributed by atoms with Gasteiger partial charge in [0.15, 0.2) is 0 Å². The molecule has 4 rings (SSSR count). The number of carbonyl (C=O) groups excluding carboxylic acids is 1. The number of anilines is 1. The predicted molar refractivity (Wildman–Crippen MR) is 106 cm³/mol. The number of carbonyl (C=O) groups is 1. The highest BCUT2D eigenvalue weighted by Gasteiger charge is 2.33. The molecule has 144 valence electrons. The SMILES string of the molecule is C[C@H]1C(Nc2ncc(Cl)cn2)CCCN1C(=O)c1ccccc1-n1nccn1. The summed E-state index contributed by atoms with van der Waals surface area (Å²) in [5, 5.41) is 12.2. The summed E-state index contributed by atoms with van der Waals surface area (Å²) in [6.45, 7) is 2.74. The van der Waals surface area contributed by atoms with Gasteiger partial charge in [0.1, 0.15) is 0 Å². The number of halogens is 1. The van der Waals surface area contributed by atoms with Gasteiger partial charge in [-0.15, -0.1) is 0 Å². The molecule has 1 saturated heterocycles. The molecule has 8 nitrogen and oxygen atoms in total. The van der Waals surface area contributed by atoms with Crippen LogP contribution < -0.4 is 5.32 Å². The summed E-state index contributed by atoms with van der Waals surface area (Å²) in [4.78, 5) is 25.1. The Morgan fingerprint density at radius 1 is 1.18 bits per heavy atom. The number of hydrogen-bond acceptors (Lipinski definition) is 6. The van der Waals surface area contributed by atoms with Crippen LogP contribution in [0.5, 0.6) is 0 Å². The van der Waals surface area contributed by atoms with Crippen LogP contribution in [0.25, 0.3) is 5.69 Å². The molecule has 1 aliphatic heterocycles. The molecular formula is C19H20ClN7O. The van der Waals surface area contributed by atoms with Gasteiger partial charge in [0.25, 0.3) is 5.91 Å². The van der Waals surface area contributed by atoms with Crippen LogP contribution in [0, 0.1) is 0 Å². The molecule has 1 aliphatic rings. The van der Waals surface area contributed by atoms with Gasteiger partial charge >= 0.3 is 0 Å². The number of hydrogen-bond donors (Lipinski definition) is 1. The second-order valence-corrected chi connectivity index (χ2v) is 7.13. The van der Waals surface area contributed by atoms with Crippen LogP contribution in [0.4, 0.5) is 5.95 Å². The van der Waals surface area contributed by atoms with E-state index in [0.717, 1.165) is 12.8 Å². The largest absolute Gasteiger partial charge is 0.349 e. The van der Waals surface area contributed by atoms with Gasteiger partial charge in [0, 0.05) is 18.6 Å². The van der Waals surface area contributed by atoms with E-state index in [1.54, 1.807) is 24.8 Å². The maximum absolute atomic E-state index is 13.3. The maximum Gasteiger partial charge on any atom is 0.256 e. The molecule has 2 atom stereocenters. The minimum absolute atomic E-state index is 0.0286. The molecule has 0 spiro atoms. The molecule has 0 saturated carbocycles. The Bertz CT molecular complexity index is 945. The molecule has 1 fully saturated rings. The topological polar surface area (TPSA) is 88.8 Å². The molecule has 0 bridgehead atoms. The second-order valence-electron chi connectivity index (χ2n) is 6.69.